The SMILES string of the molecule is C/C(=N/NC(=O)CN(c1cc(Cl)cc(Cl)c1)S(C)(=O)=O)c1cccc(NC(=O)c2ccccc2)c1. The highest BCUT2D eigenvalue weighted by molar-refractivity contribution is 7.92. The van der Waals surface area contributed by atoms with Gasteiger partial charge in [0.2, 0.25) is 10.0 Å². The monoisotopic (exact) mass is 532 g/mol. The van der Waals surface area contributed by atoms with Gasteiger partial charge in [0, 0.05) is 21.3 Å². The second kappa shape index (κ2) is 11.4. The maximum atomic E-state index is 12.5. The van der Waals surface area contributed by atoms with Gasteiger partial charge in [0.05, 0.1) is 17.7 Å². The molecule has 0 bridgehead atoms. The molecule has 0 spiro atoms. The minimum Gasteiger partial charge on any atom is -0.322 e. The van der Waals surface area contributed by atoms with Crippen LogP contribution in [0.3, 0.4) is 0 Å². The molecule has 182 valence electrons. The Morgan fingerprint density at radius 3 is 2.17 bits per heavy atom. The average Bonchev–Trinajstić information content (AvgIpc) is 2.80. The Balaban J connectivity index is 1.70. The predicted molar refractivity (Wildman–Crippen MR) is 140 cm³/mol. The highest BCUT2D eigenvalue weighted by atomic mass is 35.5. The number of carbonyl (C=O) groups is 2. The van der Waals surface area contributed by atoms with E-state index in [1.165, 1.54) is 18.2 Å². The van der Waals surface area contributed by atoms with Crippen LogP contribution in [0.15, 0.2) is 77.9 Å². The van der Waals surface area contributed by atoms with E-state index in [1.807, 2.05) is 6.07 Å². The van der Waals surface area contributed by atoms with E-state index in [4.69, 9.17) is 23.2 Å². The number of sulfonamides is 1. The number of carbonyl (C=O) groups excluding carboxylic acids is 2. The van der Waals surface area contributed by atoms with Crippen molar-refractivity contribution in [2.24, 2.45) is 5.10 Å². The molecule has 2 N–H and O–H groups in total. The second-order valence-electron chi connectivity index (χ2n) is 7.53. The lowest BCUT2D eigenvalue weighted by atomic mass is 10.1. The first kappa shape index (κ1) is 26.2. The lowest BCUT2D eigenvalue weighted by Crippen LogP contribution is -2.39. The number of benzene rings is 3. The predicted octanol–water partition coefficient (Wildman–Crippen LogP) is 4.55. The number of anilines is 2. The Bertz CT molecular complexity index is 1360. The average molecular weight is 533 g/mol. The maximum absolute atomic E-state index is 12.5. The van der Waals surface area contributed by atoms with Crippen LogP contribution in [-0.2, 0) is 14.8 Å². The number of hydrogen-bond donors (Lipinski definition) is 2. The Morgan fingerprint density at radius 2 is 1.54 bits per heavy atom. The third-order valence-electron chi connectivity index (χ3n) is 4.75. The number of rotatable bonds is 8. The largest absolute Gasteiger partial charge is 0.322 e. The molecule has 3 aromatic carbocycles. The number of halogens is 2. The number of amides is 2. The summed E-state index contributed by atoms with van der Waals surface area (Å²) >= 11 is 12.0. The van der Waals surface area contributed by atoms with Gasteiger partial charge in [-0.1, -0.05) is 53.5 Å². The summed E-state index contributed by atoms with van der Waals surface area (Å²) in [5, 5.41) is 7.34. The van der Waals surface area contributed by atoms with E-state index in [2.05, 4.69) is 15.8 Å². The summed E-state index contributed by atoms with van der Waals surface area (Å²) in [6, 6.07) is 20.0. The third kappa shape index (κ3) is 7.54. The van der Waals surface area contributed by atoms with Gasteiger partial charge in [-0.2, -0.15) is 5.10 Å². The van der Waals surface area contributed by atoms with Crippen LogP contribution in [0.4, 0.5) is 11.4 Å². The first-order valence-corrected chi connectivity index (χ1v) is 12.9. The highest BCUT2D eigenvalue weighted by Crippen LogP contribution is 2.26. The molecule has 0 fully saturated rings. The zero-order valence-corrected chi connectivity index (χ0v) is 21.2. The lowest BCUT2D eigenvalue weighted by Gasteiger charge is -2.21. The summed E-state index contributed by atoms with van der Waals surface area (Å²) in [5.74, 6) is -0.924. The van der Waals surface area contributed by atoms with Crippen LogP contribution >= 0.6 is 23.2 Å². The van der Waals surface area contributed by atoms with Gasteiger partial charge >= 0.3 is 0 Å². The van der Waals surface area contributed by atoms with Gasteiger partial charge in [-0.3, -0.25) is 13.9 Å². The fourth-order valence-corrected chi connectivity index (χ4v) is 4.43. The van der Waals surface area contributed by atoms with Gasteiger partial charge in [-0.25, -0.2) is 13.8 Å². The molecular formula is C24H22Cl2N4O4S. The first-order chi connectivity index (χ1) is 16.5. The molecule has 8 nitrogen and oxygen atoms in total. The van der Waals surface area contributed by atoms with Crippen molar-refractivity contribution in [2.75, 3.05) is 22.4 Å². The van der Waals surface area contributed by atoms with Crippen molar-refractivity contribution < 1.29 is 18.0 Å². The lowest BCUT2D eigenvalue weighted by molar-refractivity contribution is -0.119. The topological polar surface area (TPSA) is 108 Å². The Morgan fingerprint density at radius 1 is 0.914 bits per heavy atom. The second-order valence-corrected chi connectivity index (χ2v) is 10.3. The zero-order chi connectivity index (χ0) is 25.6. The summed E-state index contributed by atoms with van der Waals surface area (Å²) in [5.41, 5.74) is 4.69. The van der Waals surface area contributed by atoms with Crippen molar-refractivity contribution in [1.82, 2.24) is 5.43 Å². The van der Waals surface area contributed by atoms with E-state index >= 15 is 0 Å². The minimum atomic E-state index is -3.81. The standard InChI is InChI=1S/C24H22Cl2N4O4S/c1-16(18-9-6-10-21(11-18)27-24(32)17-7-4-3-5-8-17)28-29-23(31)15-30(35(2,33)34)22-13-19(25)12-20(26)14-22/h3-14H,15H2,1-2H3,(H,27,32)(H,29,31)/b28-16-. The summed E-state index contributed by atoms with van der Waals surface area (Å²) in [4.78, 5) is 24.9. The van der Waals surface area contributed by atoms with E-state index in [9.17, 15) is 18.0 Å². The van der Waals surface area contributed by atoms with Gasteiger partial charge in [0.25, 0.3) is 11.8 Å². The quantitative estimate of drug-likeness (QED) is 0.327. The highest BCUT2D eigenvalue weighted by Gasteiger charge is 2.21. The molecule has 0 atom stereocenters. The van der Waals surface area contributed by atoms with E-state index in [0.717, 1.165) is 10.6 Å². The van der Waals surface area contributed by atoms with Gasteiger partial charge in [0.15, 0.2) is 0 Å². The Hall–Kier alpha value is -3.40. The van der Waals surface area contributed by atoms with E-state index < -0.39 is 22.5 Å². The van der Waals surface area contributed by atoms with Crippen molar-refractivity contribution >= 4 is 62.1 Å². The van der Waals surface area contributed by atoms with Crippen molar-refractivity contribution in [1.29, 1.82) is 0 Å². The fraction of sp³-hybridized carbons (Fsp3) is 0.125. The van der Waals surface area contributed by atoms with Crippen LogP contribution in [0, 0.1) is 0 Å². The molecule has 3 aromatic rings. The molecule has 0 radical (unpaired) electrons. The van der Waals surface area contributed by atoms with E-state index in [1.54, 1.807) is 55.5 Å². The molecule has 0 unspecified atom stereocenters. The van der Waals surface area contributed by atoms with Crippen molar-refractivity contribution in [2.45, 2.75) is 6.92 Å². The zero-order valence-electron chi connectivity index (χ0n) is 18.8. The van der Waals surface area contributed by atoms with E-state index in [0.29, 0.717) is 22.5 Å². The van der Waals surface area contributed by atoms with Crippen LogP contribution in [0.2, 0.25) is 10.0 Å². The summed E-state index contributed by atoms with van der Waals surface area (Å²) < 4.78 is 25.4. The number of hydrazone groups is 1. The van der Waals surface area contributed by atoms with Crippen molar-refractivity contribution in [3.05, 3.63) is 94.0 Å². The smallest absolute Gasteiger partial charge is 0.260 e. The third-order valence-corrected chi connectivity index (χ3v) is 6.32. The number of hydrogen-bond acceptors (Lipinski definition) is 5. The number of nitrogens with one attached hydrogen (secondary N) is 2. The summed E-state index contributed by atoms with van der Waals surface area (Å²) in [7, 11) is -3.81. The van der Waals surface area contributed by atoms with Gasteiger partial charge in [0.1, 0.15) is 6.54 Å². The molecule has 35 heavy (non-hydrogen) atoms. The first-order valence-electron chi connectivity index (χ1n) is 10.3. The Labute approximate surface area is 213 Å². The molecular weight excluding hydrogens is 511 g/mol. The van der Waals surface area contributed by atoms with Crippen molar-refractivity contribution in [3.63, 3.8) is 0 Å². The van der Waals surface area contributed by atoms with Crippen molar-refractivity contribution in [3.8, 4) is 0 Å². The maximum Gasteiger partial charge on any atom is 0.260 e. The van der Waals surface area contributed by atoms with Crippen LogP contribution in [0.25, 0.3) is 0 Å². The molecule has 0 aromatic heterocycles. The molecule has 0 aliphatic carbocycles. The van der Waals surface area contributed by atoms with Crippen LogP contribution in [-0.4, -0.2) is 38.7 Å². The van der Waals surface area contributed by atoms with Crippen LogP contribution in [0.1, 0.15) is 22.8 Å². The summed E-state index contributed by atoms with van der Waals surface area (Å²) in [6.07, 6.45) is 0.971. The van der Waals surface area contributed by atoms with Crippen LogP contribution < -0.4 is 15.0 Å². The molecule has 2 amide bonds. The molecule has 11 heteroatoms. The molecule has 0 aliphatic rings. The van der Waals surface area contributed by atoms with Gasteiger partial charge < -0.3 is 5.32 Å². The summed E-state index contributed by atoms with van der Waals surface area (Å²) in [6.45, 7) is 1.14. The minimum absolute atomic E-state index is 0.155. The molecule has 3 rings (SSSR count). The fourth-order valence-electron chi connectivity index (χ4n) is 3.07. The molecule has 0 saturated heterocycles. The Kier molecular flexibility index (Phi) is 8.50. The van der Waals surface area contributed by atoms with E-state index in [-0.39, 0.29) is 21.6 Å². The molecule has 0 heterocycles. The molecule has 0 saturated carbocycles. The van der Waals surface area contributed by atoms with Gasteiger partial charge in [-0.05, 0) is 55.0 Å². The molecule has 0 aliphatic heterocycles. The number of nitrogens with zero attached hydrogens (tertiary/aromatic N) is 2. The van der Waals surface area contributed by atoms with Crippen LogP contribution in [0.5, 0.6) is 0 Å². The van der Waals surface area contributed by atoms with Gasteiger partial charge in [-0.15, -0.1) is 0 Å². The normalized spacial score (nSPS) is 11.6.